The van der Waals surface area contributed by atoms with Gasteiger partial charge in [-0.3, -0.25) is 4.79 Å². The lowest BCUT2D eigenvalue weighted by Gasteiger charge is -2.32. The van der Waals surface area contributed by atoms with Gasteiger partial charge in [0, 0.05) is 24.4 Å². The van der Waals surface area contributed by atoms with E-state index in [2.05, 4.69) is 5.16 Å². The summed E-state index contributed by atoms with van der Waals surface area (Å²) in [4.78, 5) is 14.4. The van der Waals surface area contributed by atoms with Crippen molar-refractivity contribution < 1.29 is 14.4 Å². The number of hydrogen-bond acceptors (Lipinski definition) is 5. The largest absolute Gasteiger partial charge is 0.508 e. The molecule has 0 aliphatic carbocycles. The van der Waals surface area contributed by atoms with Crippen LogP contribution in [0.4, 0.5) is 0 Å². The second-order valence-corrected chi connectivity index (χ2v) is 7.53. The van der Waals surface area contributed by atoms with Crippen molar-refractivity contribution in [3.8, 4) is 5.75 Å². The molecule has 1 amide bonds. The molecule has 3 rings (SSSR count). The van der Waals surface area contributed by atoms with E-state index in [1.807, 2.05) is 30.9 Å². The minimum Gasteiger partial charge on any atom is -0.508 e. The van der Waals surface area contributed by atoms with E-state index in [4.69, 9.17) is 4.52 Å². The van der Waals surface area contributed by atoms with E-state index >= 15 is 0 Å². The fourth-order valence-corrected chi connectivity index (χ4v) is 4.32. The molecule has 1 N–H and O–H groups in total. The van der Waals surface area contributed by atoms with E-state index < -0.39 is 0 Å². The summed E-state index contributed by atoms with van der Waals surface area (Å²) in [6.45, 7) is 5.45. The first-order valence-corrected chi connectivity index (χ1v) is 9.76. The third kappa shape index (κ3) is 4.37. The van der Waals surface area contributed by atoms with E-state index in [0.717, 1.165) is 48.7 Å². The van der Waals surface area contributed by atoms with E-state index in [1.165, 1.54) is 5.56 Å². The maximum Gasteiger partial charge on any atom is 0.232 e. The minimum atomic E-state index is 0.209. The Labute approximate surface area is 152 Å². The van der Waals surface area contributed by atoms with Crippen LogP contribution in [0.1, 0.15) is 41.3 Å². The van der Waals surface area contributed by atoms with Crippen LogP contribution in [0.5, 0.6) is 5.75 Å². The van der Waals surface area contributed by atoms with E-state index in [-0.39, 0.29) is 5.91 Å². The normalized spacial score (nSPS) is 15.5. The van der Waals surface area contributed by atoms with Crippen LogP contribution in [0.15, 0.2) is 28.8 Å². The lowest BCUT2D eigenvalue weighted by Crippen LogP contribution is -2.38. The Morgan fingerprint density at radius 1 is 1.28 bits per heavy atom. The second kappa shape index (κ2) is 7.95. The number of aromatic nitrogens is 1. The molecule has 6 heteroatoms. The van der Waals surface area contributed by atoms with Crippen LogP contribution in [-0.2, 0) is 10.5 Å². The molecule has 0 saturated carbocycles. The Kier molecular flexibility index (Phi) is 5.68. The Balaban J connectivity index is 1.44. The second-order valence-electron chi connectivity index (χ2n) is 6.54. The smallest absolute Gasteiger partial charge is 0.232 e. The minimum absolute atomic E-state index is 0.209. The SMILES string of the molecule is Cc1noc(C)c1CSCC(=O)N1CCC(c2ccc(O)cc2)CC1. The molecular weight excluding hydrogens is 336 g/mol. The lowest BCUT2D eigenvalue weighted by molar-refractivity contribution is -0.129. The highest BCUT2D eigenvalue weighted by molar-refractivity contribution is 7.99. The molecule has 0 atom stereocenters. The third-order valence-electron chi connectivity index (χ3n) is 4.87. The average Bonchev–Trinajstić information content (AvgIpc) is 2.94. The molecule has 1 aromatic heterocycles. The molecule has 134 valence electrons. The Bertz CT molecular complexity index is 699. The summed E-state index contributed by atoms with van der Waals surface area (Å²) >= 11 is 1.62. The zero-order valence-corrected chi connectivity index (χ0v) is 15.5. The number of carbonyl (C=O) groups is 1. The number of aromatic hydroxyl groups is 1. The van der Waals surface area contributed by atoms with Gasteiger partial charge in [0.05, 0.1) is 11.4 Å². The van der Waals surface area contributed by atoms with Gasteiger partial charge in [0.25, 0.3) is 0 Å². The standard InChI is InChI=1S/C19H24N2O3S/c1-13-18(14(2)24-20-13)11-25-12-19(23)21-9-7-16(8-10-21)15-3-5-17(22)6-4-15/h3-6,16,22H,7-12H2,1-2H3. The number of carbonyl (C=O) groups excluding carboxylic acids is 1. The number of nitrogens with zero attached hydrogens (tertiary/aromatic N) is 2. The topological polar surface area (TPSA) is 66.6 Å². The van der Waals surface area contributed by atoms with Gasteiger partial charge < -0.3 is 14.5 Å². The van der Waals surface area contributed by atoms with Gasteiger partial charge in [0.15, 0.2) is 0 Å². The van der Waals surface area contributed by atoms with Gasteiger partial charge in [0.2, 0.25) is 5.91 Å². The highest BCUT2D eigenvalue weighted by atomic mass is 32.2. The number of likely N-dealkylation sites (tertiary alicyclic amines) is 1. The monoisotopic (exact) mass is 360 g/mol. The van der Waals surface area contributed by atoms with Crippen molar-refractivity contribution in [1.82, 2.24) is 10.1 Å². The number of aryl methyl sites for hydroxylation is 2. The van der Waals surface area contributed by atoms with Crippen LogP contribution < -0.4 is 0 Å². The molecule has 1 fully saturated rings. The molecule has 2 heterocycles. The lowest BCUT2D eigenvalue weighted by atomic mass is 9.89. The molecule has 0 bridgehead atoms. The highest BCUT2D eigenvalue weighted by Gasteiger charge is 2.23. The average molecular weight is 360 g/mol. The van der Waals surface area contributed by atoms with Crippen molar-refractivity contribution in [2.75, 3.05) is 18.8 Å². The first-order valence-electron chi connectivity index (χ1n) is 8.61. The maximum absolute atomic E-state index is 12.4. The third-order valence-corrected chi connectivity index (χ3v) is 5.81. The fourth-order valence-electron chi connectivity index (χ4n) is 3.25. The molecule has 1 aromatic carbocycles. The highest BCUT2D eigenvalue weighted by Crippen LogP contribution is 2.29. The molecule has 0 radical (unpaired) electrons. The van der Waals surface area contributed by atoms with Crippen LogP contribution in [0.25, 0.3) is 0 Å². The van der Waals surface area contributed by atoms with Crippen LogP contribution in [0, 0.1) is 13.8 Å². The number of hydrogen-bond donors (Lipinski definition) is 1. The molecule has 0 unspecified atom stereocenters. The fraction of sp³-hybridized carbons (Fsp3) is 0.474. The molecule has 5 nitrogen and oxygen atoms in total. The van der Waals surface area contributed by atoms with Crippen molar-refractivity contribution in [3.63, 3.8) is 0 Å². The summed E-state index contributed by atoms with van der Waals surface area (Å²) in [5, 5.41) is 13.3. The Morgan fingerprint density at radius 2 is 1.96 bits per heavy atom. The van der Waals surface area contributed by atoms with Crippen molar-refractivity contribution in [3.05, 3.63) is 46.8 Å². The molecule has 1 aliphatic heterocycles. The first kappa shape index (κ1) is 17.9. The molecule has 25 heavy (non-hydrogen) atoms. The summed E-state index contributed by atoms with van der Waals surface area (Å²) in [5.41, 5.74) is 3.26. The molecule has 1 aliphatic rings. The predicted molar refractivity (Wildman–Crippen MR) is 98.8 cm³/mol. The van der Waals surface area contributed by atoms with Gasteiger partial charge in [-0.15, -0.1) is 11.8 Å². The Morgan fingerprint density at radius 3 is 2.56 bits per heavy atom. The molecule has 2 aromatic rings. The van der Waals surface area contributed by atoms with Crippen molar-refractivity contribution in [2.45, 2.75) is 38.4 Å². The molecule has 0 spiro atoms. The molecular formula is C19H24N2O3S. The summed E-state index contributed by atoms with van der Waals surface area (Å²) in [5.74, 6) is 3.07. The number of phenols is 1. The van der Waals surface area contributed by atoms with Crippen LogP contribution in [-0.4, -0.2) is 39.9 Å². The zero-order valence-electron chi connectivity index (χ0n) is 14.7. The van der Waals surface area contributed by atoms with Crippen LogP contribution >= 0.6 is 11.8 Å². The Hall–Kier alpha value is -1.95. The number of piperidine rings is 1. The molecule has 1 saturated heterocycles. The van der Waals surface area contributed by atoms with E-state index in [0.29, 0.717) is 17.4 Å². The first-order chi connectivity index (χ1) is 12.0. The number of amides is 1. The van der Waals surface area contributed by atoms with Crippen molar-refractivity contribution in [2.24, 2.45) is 0 Å². The van der Waals surface area contributed by atoms with E-state index in [1.54, 1.807) is 23.9 Å². The predicted octanol–water partition coefficient (Wildman–Crippen LogP) is 3.64. The summed E-state index contributed by atoms with van der Waals surface area (Å²) in [6, 6.07) is 7.43. The number of phenolic OH excluding ortho intramolecular Hbond substituents is 1. The van der Waals surface area contributed by atoms with Crippen LogP contribution in [0.2, 0.25) is 0 Å². The summed E-state index contributed by atoms with van der Waals surface area (Å²) in [7, 11) is 0. The van der Waals surface area contributed by atoms with Gasteiger partial charge in [-0.1, -0.05) is 17.3 Å². The van der Waals surface area contributed by atoms with Gasteiger partial charge in [-0.2, -0.15) is 0 Å². The number of rotatable bonds is 5. The van der Waals surface area contributed by atoms with E-state index in [9.17, 15) is 9.90 Å². The number of thioether (sulfide) groups is 1. The quantitative estimate of drug-likeness (QED) is 0.882. The van der Waals surface area contributed by atoms with Crippen LogP contribution in [0.3, 0.4) is 0 Å². The zero-order chi connectivity index (χ0) is 17.8. The van der Waals surface area contributed by atoms with Crippen molar-refractivity contribution in [1.29, 1.82) is 0 Å². The van der Waals surface area contributed by atoms with Gasteiger partial charge in [-0.05, 0) is 50.3 Å². The van der Waals surface area contributed by atoms with Gasteiger partial charge >= 0.3 is 0 Å². The van der Waals surface area contributed by atoms with Gasteiger partial charge in [-0.25, -0.2) is 0 Å². The maximum atomic E-state index is 12.4. The van der Waals surface area contributed by atoms with Gasteiger partial charge in [0.1, 0.15) is 11.5 Å². The van der Waals surface area contributed by atoms with Crippen molar-refractivity contribution >= 4 is 17.7 Å². The number of benzene rings is 1. The summed E-state index contributed by atoms with van der Waals surface area (Å²) < 4.78 is 5.16. The summed E-state index contributed by atoms with van der Waals surface area (Å²) in [6.07, 6.45) is 1.95.